The van der Waals surface area contributed by atoms with Crippen molar-refractivity contribution >= 4 is 49.2 Å². The number of nitrogens with one attached hydrogen (secondary N) is 2. The van der Waals surface area contributed by atoms with Crippen LogP contribution < -0.4 is 10.0 Å². The highest BCUT2D eigenvalue weighted by Gasteiger charge is 2.26. The molecule has 0 spiro atoms. The first-order valence-electron chi connectivity index (χ1n) is 6.36. The van der Waals surface area contributed by atoms with E-state index >= 15 is 0 Å². The first-order chi connectivity index (χ1) is 10.1. The van der Waals surface area contributed by atoms with Crippen molar-refractivity contribution in [1.29, 1.82) is 0 Å². The molecular formula is C12H14N4O2S3. The number of thiophene rings is 1. The summed E-state index contributed by atoms with van der Waals surface area (Å²) in [5.41, 5.74) is 0.562. The third-order valence-electron chi connectivity index (χ3n) is 2.79. The molecule has 9 heteroatoms. The van der Waals surface area contributed by atoms with Gasteiger partial charge >= 0.3 is 0 Å². The first kappa shape index (κ1) is 14.4. The minimum atomic E-state index is -3.70. The third-order valence-corrected chi connectivity index (χ3v) is 5.63. The van der Waals surface area contributed by atoms with Crippen molar-refractivity contribution in [2.75, 3.05) is 16.6 Å². The molecule has 0 atom stereocenters. The van der Waals surface area contributed by atoms with Gasteiger partial charge in [-0.15, -0.1) is 11.3 Å². The van der Waals surface area contributed by atoms with E-state index in [1.807, 2.05) is 17.7 Å². The van der Waals surface area contributed by atoms with E-state index in [1.54, 1.807) is 22.0 Å². The van der Waals surface area contributed by atoms with Gasteiger partial charge in [-0.2, -0.15) is 19.8 Å². The van der Waals surface area contributed by atoms with Gasteiger partial charge in [0, 0.05) is 23.5 Å². The van der Waals surface area contributed by atoms with Gasteiger partial charge in [0.1, 0.15) is 0 Å². The summed E-state index contributed by atoms with van der Waals surface area (Å²) in [5, 5.41) is 8.63. The summed E-state index contributed by atoms with van der Waals surface area (Å²) in [4.78, 5) is 5.01. The molecule has 0 saturated carbocycles. The van der Waals surface area contributed by atoms with Crippen LogP contribution in [0.25, 0.3) is 4.96 Å². The third kappa shape index (κ3) is 2.76. The summed E-state index contributed by atoms with van der Waals surface area (Å²) in [6.45, 7) is 2.69. The second kappa shape index (κ2) is 5.66. The summed E-state index contributed by atoms with van der Waals surface area (Å²) in [6, 6.07) is 1.73. The molecule has 0 radical (unpaired) electrons. The van der Waals surface area contributed by atoms with E-state index in [1.165, 1.54) is 22.7 Å². The molecule has 0 aliphatic carbocycles. The van der Waals surface area contributed by atoms with Gasteiger partial charge in [0.15, 0.2) is 10.8 Å². The van der Waals surface area contributed by atoms with Crippen LogP contribution in [-0.2, 0) is 10.0 Å². The standard InChI is InChI=1S/C12H14N4O2S3/c1-2-4-13-10-11(16-5-7-20-12(16)14-10)21(17,18)15-9-3-6-19-8-9/h3,5-8,13,15H,2,4H2,1H3. The highest BCUT2D eigenvalue weighted by molar-refractivity contribution is 7.92. The quantitative estimate of drug-likeness (QED) is 0.722. The van der Waals surface area contributed by atoms with Crippen LogP contribution in [-0.4, -0.2) is 24.3 Å². The van der Waals surface area contributed by atoms with Crippen LogP contribution in [0.3, 0.4) is 0 Å². The molecule has 2 N–H and O–H groups in total. The SMILES string of the molecule is CCCNc1nc2sccn2c1S(=O)(=O)Nc1ccsc1. The number of fused-ring (bicyclic) bond motifs is 1. The summed E-state index contributed by atoms with van der Waals surface area (Å²) >= 11 is 2.84. The van der Waals surface area contributed by atoms with Gasteiger partial charge in [0.25, 0.3) is 10.0 Å². The Hall–Kier alpha value is -1.58. The van der Waals surface area contributed by atoms with Crippen molar-refractivity contribution in [3.8, 4) is 0 Å². The van der Waals surface area contributed by atoms with E-state index in [2.05, 4.69) is 15.0 Å². The Morgan fingerprint density at radius 3 is 2.95 bits per heavy atom. The van der Waals surface area contributed by atoms with E-state index in [0.717, 1.165) is 6.42 Å². The van der Waals surface area contributed by atoms with Crippen LogP contribution in [0.1, 0.15) is 13.3 Å². The normalized spacial score (nSPS) is 11.9. The Balaban J connectivity index is 2.06. The second-order valence-electron chi connectivity index (χ2n) is 4.37. The fourth-order valence-electron chi connectivity index (χ4n) is 1.91. The fraction of sp³-hybridized carbons (Fsp3) is 0.250. The summed E-state index contributed by atoms with van der Waals surface area (Å²) in [6.07, 6.45) is 2.61. The van der Waals surface area contributed by atoms with Crippen molar-refractivity contribution in [2.24, 2.45) is 0 Å². The number of hydrogen-bond acceptors (Lipinski definition) is 6. The molecule has 0 aliphatic heterocycles. The van der Waals surface area contributed by atoms with Gasteiger partial charge in [-0.25, -0.2) is 4.98 Å². The predicted molar refractivity (Wildman–Crippen MR) is 87.0 cm³/mol. The number of thiazole rings is 1. The molecule has 0 fully saturated rings. The van der Waals surface area contributed by atoms with Crippen LogP contribution in [0.4, 0.5) is 11.5 Å². The number of rotatable bonds is 6. The summed E-state index contributed by atoms with van der Waals surface area (Å²) in [5.74, 6) is 0.395. The largest absolute Gasteiger partial charge is 0.368 e. The lowest BCUT2D eigenvalue weighted by Crippen LogP contribution is -2.16. The topological polar surface area (TPSA) is 75.5 Å². The average Bonchev–Trinajstić information content (AvgIpc) is 3.10. The molecule has 3 aromatic rings. The van der Waals surface area contributed by atoms with Gasteiger partial charge in [-0.05, 0) is 17.9 Å². The summed E-state index contributed by atoms with van der Waals surface area (Å²) < 4.78 is 29.5. The fourth-order valence-corrected chi connectivity index (χ4v) is 4.65. The van der Waals surface area contributed by atoms with E-state index in [0.29, 0.717) is 23.0 Å². The summed E-state index contributed by atoms with van der Waals surface area (Å²) in [7, 11) is -3.70. The minimum Gasteiger partial charge on any atom is -0.368 e. The van der Waals surface area contributed by atoms with Crippen molar-refractivity contribution in [3.63, 3.8) is 0 Å². The van der Waals surface area contributed by atoms with Crippen LogP contribution in [0.2, 0.25) is 0 Å². The van der Waals surface area contributed by atoms with E-state index in [4.69, 9.17) is 0 Å². The maximum absolute atomic E-state index is 12.7. The van der Waals surface area contributed by atoms with Crippen molar-refractivity contribution in [2.45, 2.75) is 18.4 Å². The molecule has 0 aliphatic rings. The van der Waals surface area contributed by atoms with Crippen LogP contribution in [0, 0.1) is 0 Å². The molecule has 3 aromatic heterocycles. The average molecular weight is 342 g/mol. The van der Waals surface area contributed by atoms with E-state index in [-0.39, 0.29) is 5.03 Å². The van der Waals surface area contributed by atoms with Crippen molar-refractivity contribution < 1.29 is 8.42 Å². The van der Waals surface area contributed by atoms with E-state index < -0.39 is 10.0 Å². The lowest BCUT2D eigenvalue weighted by atomic mass is 10.5. The highest BCUT2D eigenvalue weighted by Crippen LogP contribution is 2.27. The first-order valence-corrected chi connectivity index (χ1v) is 9.67. The van der Waals surface area contributed by atoms with Crippen LogP contribution in [0.15, 0.2) is 33.4 Å². The minimum absolute atomic E-state index is 0.151. The molecule has 0 unspecified atom stereocenters. The predicted octanol–water partition coefficient (Wildman–Crippen LogP) is 3.08. The van der Waals surface area contributed by atoms with Gasteiger partial charge in [-0.1, -0.05) is 6.92 Å². The van der Waals surface area contributed by atoms with Crippen LogP contribution >= 0.6 is 22.7 Å². The van der Waals surface area contributed by atoms with Gasteiger partial charge in [0.05, 0.1) is 5.69 Å². The Morgan fingerprint density at radius 1 is 1.38 bits per heavy atom. The zero-order valence-electron chi connectivity index (χ0n) is 11.2. The van der Waals surface area contributed by atoms with Crippen molar-refractivity contribution in [3.05, 3.63) is 28.4 Å². The monoisotopic (exact) mass is 342 g/mol. The highest BCUT2D eigenvalue weighted by atomic mass is 32.2. The number of aromatic nitrogens is 2. The maximum Gasteiger partial charge on any atom is 0.281 e. The smallest absolute Gasteiger partial charge is 0.281 e. The number of hydrogen-bond donors (Lipinski definition) is 2. The second-order valence-corrected chi connectivity index (χ2v) is 7.62. The number of sulfonamides is 1. The van der Waals surface area contributed by atoms with Gasteiger partial charge < -0.3 is 5.32 Å². The van der Waals surface area contributed by atoms with E-state index in [9.17, 15) is 8.42 Å². The zero-order chi connectivity index (χ0) is 14.9. The number of anilines is 2. The number of imidazole rings is 1. The van der Waals surface area contributed by atoms with Gasteiger partial charge in [-0.3, -0.25) is 9.12 Å². The maximum atomic E-state index is 12.7. The van der Waals surface area contributed by atoms with Crippen LogP contribution in [0.5, 0.6) is 0 Å². The Bertz CT molecular complexity index is 833. The molecule has 112 valence electrons. The Morgan fingerprint density at radius 2 is 2.24 bits per heavy atom. The zero-order valence-corrected chi connectivity index (χ0v) is 13.7. The Labute approximate surface area is 130 Å². The lowest BCUT2D eigenvalue weighted by Gasteiger charge is -2.08. The molecular weight excluding hydrogens is 328 g/mol. The Kier molecular flexibility index (Phi) is 3.87. The molecule has 3 heterocycles. The number of nitrogens with zero attached hydrogens (tertiary/aromatic N) is 2. The molecule has 0 bridgehead atoms. The molecule has 0 saturated heterocycles. The molecule has 6 nitrogen and oxygen atoms in total. The van der Waals surface area contributed by atoms with Crippen molar-refractivity contribution in [1.82, 2.24) is 9.38 Å². The molecule has 0 aromatic carbocycles. The molecule has 0 amide bonds. The molecule has 3 rings (SSSR count). The molecule has 21 heavy (non-hydrogen) atoms. The van der Waals surface area contributed by atoms with Gasteiger partial charge in [0.2, 0.25) is 5.03 Å². The lowest BCUT2D eigenvalue weighted by molar-refractivity contribution is 0.597.